The second-order valence-corrected chi connectivity index (χ2v) is 8.64. The highest BCUT2D eigenvalue weighted by Gasteiger charge is 2.26. The number of hydrogen-bond donors (Lipinski definition) is 1. The van der Waals surface area contributed by atoms with Gasteiger partial charge in [-0.15, -0.1) is 0 Å². The van der Waals surface area contributed by atoms with E-state index >= 15 is 4.39 Å². The average molecular weight is 451 g/mol. The van der Waals surface area contributed by atoms with Crippen molar-refractivity contribution in [1.29, 1.82) is 0 Å². The van der Waals surface area contributed by atoms with Crippen molar-refractivity contribution in [2.24, 2.45) is 4.99 Å². The Labute approximate surface area is 188 Å². The number of pyridine rings is 1. The molecule has 2 aromatic carbocycles. The zero-order valence-electron chi connectivity index (χ0n) is 17.9. The monoisotopic (exact) mass is 451 g/mol. The largest absolute Gasteiger partial charge is 0.477 e. The van der Waals surface area contributed by atoms with Gasteiger partial charge < -0.3 is 14.6 Å². The molecule has 1 unspecified atom stereocenters. The molecule has 0 radical (unpaired) electrons. The predicted molar refractivity (Wildman–Crippen MR) is 123 cm³/mol. The quantitative estimate of drug-likeness (QED) is 0.631. The lowest BCUT2D eigenvalue weighted by atomic mass is 10.1. The Balaban J connectivity index is 1.61. The third-order valence-corrected chi connectivity index (χ3v) is 6.46. The summed E-state index contributed by atoms with van der Waals surface area (Å²) in [5.41, 5.74) is 1.18. The van der Waals surface area contributed by atoms with E-state index in [4.69, 9.17) is 4.99 Å². The molecule has 1 aromatic heterocycles. The van der Waals surface area contributed by atoms with Crippen molar-refractivity contribution in [3.05, 3.63) is 70.0 Å². The number of halogens is 2. The van der Waals surface area contributed by atoms with Gasteiger partial charge in [-0.1, -0.05) is 0 Å². The highest BCUT2D eigenvalue weighted by molar-refractivity contribution is 5.94. The smallest absolute Gasteiger partial charge is 0.341 e. The number of aliphatic imine (C=N–C) groups is 1. The Kier molecular flexibility index (Phi) is 5.44. The minimum atomic E-state index is -1.41. The molecule has 1 atom stereocenters. The molecule has 0 amide bonds. The molecule has 1 saturated heterocycles. The number of nitrogens with zero attached hydrogens (tertiary/aromatic N) is 3. The Morgan fingerprint density at radius 3 is 2.52 bits per heavy atom. The van der Waals surface area contributed by atoms with Crippen LogP contribution in [-0.4, -0.2) is 40.5 Å². The van der Waals surface area contributed by atoms with Crippen molar-refractivity contribution in [2.75, 3.05) is 18.0 Å². The first-order valence-electron chi connectivity index (χ1n) is 11.1. The Bertz CT molecular complexity index is 1320. The summed E-state index contributed by atoms with van der Waals surface area (Å²) in [5, 5.41) is 9.46. The van der Waals surface area contributed by atoms with Gasteiger partial charge in [-0.3, -0.25) is 9.79 Å². The molecule has 1 aliphatic heterocycles. The van der Waals surface area contributed by atoms with Gasteiger partial charge in [0.1, 0.15) is 17.2 Å². The Hall–Kier alpha value is -3.55. The first-order chi connectivity index (χ1) is 15.9. The number of carboxylic acid groups (broad SMARTS) is 1. The van der Waals surface area contributed by atoms with Crippen LogP contribution >= 0.6 is 0 Å². The second kappa shape index (κ2) is 8.42. The van der Waals surface area contributed by atoms with Gasteiger partial charge in [0, 0.05) is 36.1 Å². The highest BCUT2D eigenvalue weighted by Crippen LogP contribution is 2.30. The number of anilines is 1. The average Bonchev–Trinajstić information content (AvgIpc) is 3.47. The van der Waals surface area contributed by atoms with Gasteiger partial charge in [0.15, 0.2) is 0 Å². The molecule has 8 heteroatoms. The summed E-state index contributed by atoms with van der Waals surface area (Å²) >= 11 is 0. The molecule has 33 heavy (non-hydrogen) atoms. The van der Waals surface area contributed by atoms with Crippen LogP contribution in [0.3, 0.4) is 0 Å². The lowest BCUT2D eigenvalue weighted by Crippen LogP contribution is -2.23. The van der Waals surface area contributed by atoms with Crippen LogP contribution in [0.15, 0.2) is 52.4 Å². The van der Waals surface area contributed by atoms with E-state index in [1.807, 2.05) is 4.90 Å². The molecular formula is C25H23F2N3O3. The van der Waals surface area contributed by atoms with Gasteiger partial charge in [-0.25, -0.2) is 13.6 Å². The van der Waals surface area contributed by atoms with Crippen LogP contribution in [0.1, 0.15) is 42.5 Å². The third-order valence-electron chi connectivity index (χ3n) is 6.46. The Morgan fingerprint density at radius 2 is 1.82 bits per heavy atom. The summed E-state index contributed by atoms with van der Waals surface area (Å²) in [6, 6.07) is 8.26. The minimum absolute atomic E-state index is 0.0394. The van der Waals surface area contributed by atoms with E-state index in [1.165, 1.54) is 53.6 Å². The van der Waals surface area contributed by atoms with Gasteiger partial charge >= 0.3 is 5.97 Å². The fraction of sp³-hybridized carbons (Fsp3) is 0.320. The van der Waals surface area contributed by atoms with E-state index in [9.17, 15) is 19.1 Å². The van der Waals surface area contributed by atoms with Crippen LogP contribution in [0.2, 0.25) is 0 Å². The van der Waals surface area contributed by atoms with Crippen molar-refractivity contribution in [1.82, 2.24) is 4.57 Å². The van der Waals surface area contributed by atoms with Crippen molar-refractivity contribution in [3.63, 3.8) is 0 Å². The number of carbonyl (C=O) groups is 1. The topological polar surface area (TPSA) is 74.9 Å². The lowest BCUT2D eigenvalue weighted by molar-refractivity contribution is 0.0695. The fourth-order valence-corrected chi connectivity index (χ4v) is 4.78. The molecule has 2 heterocycles. The number of carboxylic acids is 1. The number of rotatable bonds is 4. The van der Waals surface area contributed by atoms with Gasteiger partial charge in [0.05, 0.1) is 17.2 Å². The molecule has 0 spiro atoms. The van der Waals surface area contributed by atoms with Crippen LogP contribution in [0.25, 0.3) is 16.6 Å². The molecule has 1 aliphatic carbocycles. The predicted octanol–water partition coefficient (Wildman–Crippen LogP) is 4.56. The van der Waals surface area contributed by atoms with E-state index < -0.39 is 28.6 Å². The summed E-state index contributed by atoms with van der Waals surface area (Å²) in [7, 11) is 0. The van der Waals surface area contributed by atoms with Crippen molar-refractivity contribution in [2.45, 2.75) is 38.1 Å². The first-order valence-corrected chi connectivity index (χ1v) is 11.1. The maximum absolute atomic E-state index is 15.2. The van der Waals surface area contributed by atoms with E-state index in [1.54, 1.807) is 6.07 Å². The van der Waals surface area contributed by atoms with Crippen molar-refractivity contribution in [3.8, 4) is 5.69 Å². The molecule has 6 nitrogen and oxygen atoms in total. The van der Waals surface area contributed by atoms with Gasteiger partial charge in [-0.2, -0.15) is 0 Å². The van der Waals surface area contributed by atoms with Crippen LogP contribution in [-0.2, 0) is 0 Å². The molecule has 170 valence electrons. The second-order valence-electron chi connectivity index (χ2n) is 8.64. The molecular weight excluding hydrogens is 428 g/mol. The van der Waals surface area contributed by atoms with Gasteiger partial charge in [0.2, 0.25) is 5.43 Å². The number of hydrogen-bond acceptors (Lipinski definition) is 4. The minimum Gasteiger partial charge on any atom is -0.477 e. The number of benzene rings is 2. The number of fused-ring (bicyclic) bond motifs is 1. The molecule has 0 bridgehead atoms. The maximum atomic E-state index is 15.2. The van der Waals surface area contributed by atoms with E-state index in [-0.39, 0.29) is 11.4 Å². The van der Waals surface area contributed by atoms with Gasteiger partial charge in [-0.05, 0) is 68.5 Å². The fourth-order valence-electron chi connectivity index (χ4n) is 4.78. The van der Waals surface area contributed by atoms with Gasteiger partial charge in [0.25, 0.3) is 0 Å². The van der Waals surface area contributed by atoms with Crippen molar-refractivity contribution < 1.29 is 18.7 Å². The summed E-state index contributed by atoms with van der Waals surface area (Å²) in [5.74, 6) is -2.43. The van der Waals surface area contributed by atoms with Crippen molar-refractivity contribution >= 4 is 28.3 Å². The molecule has 1 N–H and O–H groups in total. The number of aromatic carboxylic acids is 1. The summed E-state index contributed by atoms with van der Waals surface area (Å²) in [4.78, 5) is 31.2. The molecule has 1 saturated carbocycles. The molecule has 2 aliphatic rings. The van der Waals surface area contributed by atoms with E-state index in [2.05, 4.69) is 0 Å². The number of aromatic nitrogens is 1. The zero-order valence-corrected chi connectivity index (χ0v) is 17.9. The molecule has 2 fully saturated rings. The summed E-state index contributed by atoms with van der Waals surface area (Å²) in [6.07, 6.45) is 6.46. The van der Waals surface area contributed by atoms with E-state index in [0.29, 0.717) is 30.0 Å². The third kappa shape index (κ3) is 4.01. The van der Waals surface area contributed by atoms with Crippen LogP contribution in [0.5, 0.6) is 0 Å². The van der Waals surface area contributed by atoms with Crippen LogP contribution < -0.4 is 10.3 Å². The standard InChI is InChI=1S/C25H23F2N3O3/c26-15-5-7-18(8-6-15)30-14-20(25(32)33)24(31)19-11-21(27)23(12-22(19)30)29-10-9-17(13-29)28-16-3-1-2-4-16/h5-8,11-12,14,17H,1-4,9-10,13H2,(H,32,33). The Morgan fingerprint density at radius 1 is 1.09 bits per heavy atom. The molecule has 5 rings (SSSR count). The zero-order chi connectivity index (χ0) is 23.1. The van der Waals surface area contributed by atoms with Crippen LogP contribution in [0, 0.1) is 11.6 Å². The summed E-state index contributed by atoms with van der Waals surface area (Å²) < 4.78 is 30.1. The van der Waals surface area contributed by atoms with Crippen LogP contribution in [0.4, 0.5) is 14.5 Å². The van der Waals surface area contributed by atoms with E-state index in [0.717, 1.165) is 25.3 Å². The molecule has 3 aromatic rings. The first kappa shape index (κ1) is 21.3. The summed E-state index contributed by atoms with van der Waals surface area (Å²) in [6.45, 7) is 1.22. The normalized spacial score (nSPS) is 18.3. The maximum Gasteiger partial charge on any atom is 0.341 e. The SMILES string of the molecule is O=C(O)c1cn(-c2ccc(F)cc2)c2cc(N3CCC(N=C4CCCC4)C3)c(F)cc2c1=O. The highest BCUT2D eigenvalue weighted by atomic mass is 19.1. The lowest BCUT2D eigenvalue weighted by Gasteiger charge is -2.21.